The molecule has 2 aliphatic heterocycles. The number of pyridine rings is 1. The molecule has 3 heterocycles. The van der Waals surface area contributed by atoms with E-state index in [2.05, 4.69) is 35.3 Å². The molecule has 4 nitrogen and oxygen atoms in total. The van der Waals surface area contributed by atoms with E-state index in [1.807, 2.05) is 47.5 Å². The molecule has 2 unspecified atom stereocenters. The van der Waals surface area contributed by atoms with Gasteiger partial charge in [-0.05, 0) is 49.3 Å². The van der Waals surface area contributed by atoms with Gasteiger partial charge in [-0.15, -0.1) is 0 Å². The number of rotatable bonds is 4. The number of hydrogen-bond donors (Lipinski definition) is 0. The van der Waals surface area contributed by atoms with E-state index in [0.717, 1.165) is 43.2 Å². The SMILES string of the molecule is O=C(OCc1ccccc1)N1C2C=C(Cc3cccc4cccnc34)CC1CCC2. The predicted octanol–water partition coefficient (Wildman–Crippen LogP) is 5.67. The molecule has 1 amide bonds. The molecule has 2 atom stereocenters. The first kappa shape index (κ1) is 18.9. The van der Waals surface area contributed by atoms with Crippen molar-refractivity contribution in [2.45, 2.75) is 50.8 Å². The van der Waals surface area contributed by atoms with Crippen LogP contribution in [0, 0.1) is 0 Å². The topological polar surface area (TPSA) is 42.4 Å². The van der Waals surface area contributed by atoms with Crippen molar-refractivity contribution in [3.05, 3.63) is 89.6 Å². The Morgan fingerprint density at radius 3 is 2.77 bits per heavy atom. The number of fused-ring (bicyclic) bond motifs is 3. The van der Waals surface area contributed by atoms with Gasteiger partial charge in [0.2, 0.25) is 0 Å². The van der Waals surface area contributed by atoms with Gasteiger partial charge in [-0.3, -0.25) is 9.88 Å². The number of carbonyl (C=O) groups excluding carboxylic acids is 1. The van der Waals surface area contributed by atoms with Gasteiger partial charge in [0.1, 0.15) is 6.61 Å². The minimum Gasteiger partial charge on any atom is -0.445 e. The average Bonchev–Trinajstić information content (AvgIpc) is 2.78. The lowest BCUT2D eigenvalue weighted by Crippen LogP contribution is -2.52. The Bertz CT molecular complexity index is 1070. The van der Waals surface area contributed by atoms with Crippen LogP contribution in [0.5, 0.6) is 0 Å². The van der Waals surface area contributed by atoms with Crippen LogP contribution in [0.25, 0.3) is 10.9 Å². The molecule has 0 N–H and O–H groups in total. The van der Waals surface area contributed by atoms with Crippen molar-refractivity contribution < 1.29 is 9.53 Å². The number of amides is 1. The molecule has 1 fully saturated rings. The van der Waals surface area contributed by atoms with E-state index >= 15 is 0 Å². The number of piperidine rings is 1. The van der Waals surface area contributed by atoms with Gasteiger partial charge in [0.25, 0.3) is 0 Å². The second-order valence-electron chi connectivity index (χ2n) is 8.30. The summed E-state index contributed by atoms with van der Waals surface area (Å²) < 4.78 is 5.66. The van der Waals surface area contributed by atoms with Gasteiger partial charge in [-0.25, -0.2) is 4.79 Å². The van der Waals surface area contributed by atoms with E-state index in [9.17, 15) is 4.79 Å². The lowest BCUT2D eigenvalue weighted by molar-refractivity contribution is 0.0481. The first-order chi connectivity index (χ1) is 14.8. The van der Waals surface area contributed by atoms with Crippen LogP contribution >= 0.6 is 0 Å². The highest BCUT2D eigenvalue weighted by molar-refractivity contribution is 5.81. The summed E-state index contributed by atoms with van der Waals surface area (Å²) in [7, 11) is 0. The zero-order valence-corrected chi connectivity index (χ0v) is 17.0. The van der Waals surface area contributed by atoms with E-state index in [1.165, 1.54) is 16.5 Å². The predicted molar refractivity (Wildman–Crippen MR) is 118 cm³/mol. The summed E-state index contributed by atoms with van der Waals surface area (Å²) in [6.45, 7) is 0.327. The van der Waals surface area contributed by atoms with E-state index in [1.54, 1.807) is 0 Å². The minimum atomic E-state index is -0.185. The van der Waals surface area contributed by atoms with Crippen LogP contribution in [-0.2, 0) is 17.8 Å². The van der Waals surface area contributed by atoms with Crippen LogP contribution in [0.15, 0.2) is 78.5 Å². The number of ether oxygens (including phenoxy) is 1. The van der Waals surface area contributed by atoms with Gasteiger partial charge in [0.15, 0.2) is 0 Å². The number of nitrogens with zero attached hydrogens (tertiary/aromatic N) is 2. The minimum absolute atomic E-state index is 0.138. The third kappa shape index (κ3) is 3.82. The Morgan fingerprint density at radius 1 is 1.03 bits per heavy atom. The van der Waals surface area contributed by atoms with E-state index < -0.39 is 0 Å². The lowest BCUT2D eigenvalue weighted by atomic mass is 9.83. The Labute approximate surface area is 177 Å². The maximum atomic E-state index is 12.9. The summed E-state index contributed by atoms with van der Waals surface area (Å²) in [5, 5.41) is 1.18. The molecule has 2 aliphatic rings. The monoisotopic (exact) mass is 398 g/mol. The van der Waals surface area contributed by atoms with E-state index in [4.69, 9.17) is 4.74 Å². The maximum Gasteiger partial charge on any atom is 0.410 e. The summed E-state index contributed by atoms with van der Waals surface area (Å²) in [6.07, 6.45) is 9.01. The molecule has 0 radical (unpaired) electrons. The highest BCUT2D eigenvalue weighted by atomic mass is 16.6. The van der Waals surface area contributed by atoms with Crippen molar-refractivity contribution >= 4 is 17.0 Å². The molecular formula is C26H26N2O2. The second kappa shape index (κ2) is 8.31. The van der Waals surface area contributed by atoms with Crippen molar-refractivity contribution in [3.8, 4) is 0 Å². The van der Waals surface area contributed by atoms with Crippen LogP contribution in [-0.4, -0.2) is 28.1 Å². The van der Waals surface area contributed by atoms with Crippen molar-refractivity contribution in [1.82, 2.24) is 9.88 Å². The number of carbonyl (C=O) groups is 1. The number of aromatic nitrogens is 1. The Morgan fingerprint density at radius 2 is 1.90 bits per heavy atom. The highest BCUT2D eigenvalue weighted by Gasteiger charge is 2.37. The van der Waals surface area contributed by atoms with Gasteiger partial charge >= 0.3 is 6.09 Å². The quantitative estimate of drug-likeness (QED) is 0.532. The summed E-state index contributed by atoms with van der Waals surface area (Å²) in [5.74, 6) is 0. The average molecular weight is 399 g/mol. The van der Waals surface area contributed by atoms with Gasteiger partial charge < -0.3 is 4.74 Å². The van der Waals surface area contributed by atoms with Crippen molar-refractivity contribution in [1.29, 1.82) is 0 Å². The van der Waals surface area contributed by atoms with Crippen molar-refractivity contribution in [2.75, 3.05) is 0 Å². The lowest BCUT2D eigenvalue weighted by Gasteiger charge is -2.44. The molecule has 152 valence electrons. The van der Waals surface area contributed by atoms with Crippen molar-refractivity contribution in [2.24, 2.45) is 0 Å². The van der Waals surface area contributed by atoms with Gasteiger partial charge in [0.05, 0.1) is 11.6 Å². The summed E-state index contributed by atoms with van der Waals surface area (Å²) >= 11 is 0. The molecule has 2 aromatic carbocycles. The molecule has 2 bridgehead atoms. The molecule has 0 saturated carbocycles. The number of para-hydroxylation sites is 1. The number of hydrogen-bond acceptors (Lipinski definition) is 3. The highest BCUT2D eigenvalue weighted by Crippen LogP contribution is 2.35. The zero-order chi connectivity index (χ0) is 20.3. The first-order valence-corrected chi connectivity index (χ1v) is 10.8. The fourth-order valence-corrected chi connectivity index (χ4v) is 4.88. The number of benzene rings is 2. The molecule has 0 aliphatic carbocycles. The molecular weight excluding hydrogens is 372 g/mol. The summed E-state index contributed by atoms with van der Waals surface area (Å²) in [4.78, 5) is 19.5. The van der Waals surface area contributed by atoms with Gasteiger partial charge in [-0.2, -0.15) is 0 Å². The summed E-state index contributed by atoms with van der Waals surface area (Å²) in [6, 6.07) is 20.7. The molecule has 30 heavy (non-hydrogen) atoms. The normalized spacial score (nSPS) is 20.7. The van der Waals surface area contributed by atoms with Gasteiger partial charge in [-0.1, -0.05) is 66.2 Å². The van der Waals surface area contributed by atoms with Crippen LogP contribution in [0.2, 0.25) is 0 Å². The van der Waals surface area contributed by atoms with Crippen LogP contribution in [0.4, 0.5) is 4.79 Å². The van der Waals surface area contributed by atoms with E-state index in [-0.39, 0.29) is 18.2 Å². The fourth-order valence-electron chi connectivity index (χ4n) is 4.88. The van der Waals surface area contributed by atoms with Crippen LogP contribution < -0.4 is 0 Å². The molecule has 0 spiro atoms. The van der Waals surface area contributed by atoms with Crippen molar-refractivity contribution in [3.63, 3.8) is 0 Å². The first-order valence-electron chi connectivity index (χ1n) is 10.8. The Balaban J connectivity index is 1.32. The fraction of sp³-hybridized carbons (Fsp3) is 0.308. The smallest absolute Gasteiger partial charge is 0.410 e. The molecule has 1 aromatic heterocycles. The van der Waals surface area contributed by atoms with E-state index in [0.29, 0.717) is 6.61 Å². The molecule has 5 rings (SSSR count). The third-order valence-corrected chi connectivity index (χ3v) is 6.26. The zero-order valence-electron chi connectivity index (χ0n) is 17.0. The Hall–Kier alpha value is -3.14. The largest absolute Gasteiger partial charge is 0.445 e. The second-order valence-corrected chi connectivity index (χ2v) is 8.30. The van der Waals surface area contributed by atoms with Crippen LogP contribution in [0.3, 0.4) is 0 Å². The maximum absolute atomic E-state index is 12.9. The molecule has 1 saturated heterocycles. The molecule has 3 aromatic rings. The standard InChI is InChI=1S/C26H26N2O2/c29-26(30-18-19-7-2-1-3-8-19)28-23-12-5-13-24(28)17-20(16-23)15-22-10-4-9-21-11-6-14-27-25(21)22/h1-4,6-11,14,16,23-24H,5,12-13,15,17-18H2. The summed E-state index contributed by atoms with van der Waals surface area (Å²) in [5.41, 5.74) is 4.77. The van der Waals surface area contributed by atoms with Gasteiger partial charge in [0, 0.05) is 17.6 Å². The third-order valence-electron chi connectivity index (χ3n) is 6.26. The van der Waals surface area contributed by atoms with Crippen LogP contribution in [0.1, 0.15) is 36.8 Å². The molecule has 4 heteroatoms. The Kier molecular flexibility index (Phi) is 5.22.